The van der Waals surface area contributed by atoms with Crippen LogP contribution in [0.4, 0.5) is 0 Å². The van der Waals surface area contributed by atoms with E-state index < -0.39 is 28.4 Å². The molecule has 0 aliphatic carbocycles. The molecule has 2 aliphatic heterocycles. The van der Waals surface area contributed by atoms with Crippen molar-refractivity contribution in [1.82, 2.24) is 5.32 Å². The first-order valence-corrected chi connectivity index (χ1v) is 7.99. The van der Waals surface area contributed by atoms with Crippen LogP contribution >= 0.6 is 11.8 Å². The number of hydrogen-bond acceptors (Lipinski definition) is 5. The van der Waals surface area contributed by atoms with Gasteiger partial charge in [-0.2, -0.15) is 0 Å². The number of fused-ring (bicyclic) bond motifs is 1. The fourth-order valence-corrected chi connectivity index (χ4v) is 4.33. The molecule has 1 saturated heterocycles. The predicted octanol–water partition coefficient (Wildman–Crippen LogP) is 0.961. The van der Waals surface area contributed by atoms with Gasteiger partial charge in [0.2, 0.25) is 11.1 Å². The van der Waals surface area contributed by atoms with Crippen LogP contribution in [0.5, 0.6) is 0 Å². The lowest BCUT2D eigenvalue weighted by atomic mass is 9.72. The summed E-state index contributed by atoms with van der Waals surface area (Å²) in [5.41, 5.74) is -2.99. The Morgan fingerprint density at radius 3 is 2.74 bits per heavy atom. The number of aliphatic imine (C=N–C) groups is 1. The molecule has 7 heteroatoms. The van der Waals surface area contributed by atoms with Crippen molar-refractivity contribution < 1.29 is 19.8 Å². The summed E-state index contributed by atoms with van der Waals surface area (Å²) in [6, 6.07) is 9.55. The van der Waals surface area contributed by atoms with Gasteiger partial charge in [0.05, 0.1) is 5.04 Å². The number of thioether (sulfide) groups is 1. The smallest absolute Gasteiger partial charge is 0.339 e. The number of carbonyl (C=O) groups excluding carboxylic acids is 1. The molecule has 3 unspecified atom stereocenters. The third kappa shape index (κ3) is 2.19. The van der Waals surface area contributed by atoms with Crippen molar-refractivity contribution in [3.05, 3.63) is 48.6 Å². The number of benzene rings is 1. The van der Waals surface area contributed by atoms with Crippen LogP contribution in [0.15, 0.2) is 48.0 Å². The van der Waals surface area contributed by atoms with E-state index in [1.807, 2.05) is 30.3 Å². The Bertz CT molecular complexity index is 705. The molecule has 6 nitrogen and oxygen atoms in total. The van der Waals surface area contributed by atoms with Crippen molar-refractivity contribution in [3.63, 3.8) is 0 Å². The van der Waals surface area contributed by atoms with Crippen LogP contribution in [-0.2, 0) is 16.0 Å². The molecule has 120 valence electrons. The Morgan fingerprint density at radius 1 is 1.48 bits per heavy atom. The lowest BCUT2D eigenvalue weighted by molar-refractivity contribution is -0.176. The molecular formula is C16H16N2O4S. The standard InChI is InChI=1S/C16H16N2O4S/c1-2-8-15(22,14(20)21)16-12(19)17-13(16)23-11(18-16)9-10-6-4-3-5-7-10/h2-7,13,22H,1,8-9H2,(H,17,19)(H,20,21). The van der Waals surface area contributed by atoms with Gasteiger partial charge in [0, 0.05) is 12.8 Å². The van der Waals surface area contributed by atoms with Crippen LogP contribution in [0.1, 0.15) is 12.0 Å². The quantitative estimate of drug-likeness (QED) is 0.532. The molecule has 0 aromatic heterocycles. The third-order valence-corrected chi connectivity index (χ3v) is 5.37. The largest absolute Gasteiger partial charge is 0.479 e. The second-order valence-corrected chi connectivity index (χ2v) is 6.74. The Balaban J connectivity index is 1.97. The van der Waals surface area contributed by atoms with Gasteiger partial charge in [-0.25, -0.2) is 4.79 Å². The second kappa shape index (κ2) is 5.50. The highest BCUT2D eigenvalue weighted by molar-refractivity contribution is 8.15. The fraction of sp³-hybridized carbons (Fsp3) is 0.312. The first-order valence-electron chi connectivity index (χ1n) is 7.11. The Kier molecular flexibility index (Phi) is 3.77. The molecule has 3 rings (SSSR count). The molecule has 1 aromatic carbocycles. The molecule has 23 heavy (non-hydrogen) atoms. The first-order chi connectivity index (χ1) is 10.9. The highest BCUT2D eigenvalue weighted by Crippen LogP contribution is 2.49. The zero-order valence-corrected chi connectivity index (χ0v) is 13.0. The topological polar surface area (TPSA) is 99.0 Å². The Morgan fingerprint density at radius 2 is 2.17 bits per heavy atom. The van der Waals surface area contributed by atoms with E-state index in [9.17, 15) is 19.8 Å². The van der Waals surface area contributed by atoms with E-state index in [0.29, 0.717) is 11.5 Å². The summed E-state index contributed by atoms with van der Waals surface area (Å²) in [5.74, 6) is -2.03. The Hall–Kier alpha value is -2.12. The third-order valence-electron chi connectivity index (χ3n) is 4.16. The summed E-state index contributed by atoms with van der Waals surface area (Å²) in [7, 11) is 0. The molecule has 2 heterocycles. The van der Waals surface area contributed by atoms with Crippen molar-refractivity contribution in [3.8, 4) is 0 Å². The molecule has 3 atom stereocenters. The normalized spacial score (nSPS) is 28.0. The molecule has 0 bridgehead atoms. The lowest BCUT2D eigenvalue weighted by Gasteiger charge is -2.48. The second-order valence-electron chi connectivity index (χ2n) is 5.56. The van der Waals surface area contributed by atoms with Gasteiger partial charge >= 0.3 is 5.97 Å². The van der Waals surface area contributed by atoms with Crippen molar-refractivity contribution >= 4 is 28.7 Å². The fourth-order valence-electron chi connectivity index (χ4n) is 2.92. The molecule has 3 N–H and O–H groups in total. The number of rotatable bonds is 6. The molecule has 0 radical (unpaired) electrons. The SMILES string of the molecule is C=CCC(O)(C(=O)O)C12N=C(Cc3ccccc3)SC1NC2=O. The Labute approximate surface area is 137 Å². The number of aliphatic carboxylic acids is 1. The van der Waals surface area contributed by atoms with E-state index in [4.69, 9.17) is 0 Å². The average molecular weight is 332 g/mol. The van der Waals surface area contributed by atoms with Gasteiger partial charge in [-0.1, -0.05) is 48.2 Å². The summed E-state index contributed by atoms with van der Waals surface area (Å²) in [6.45, 7) is 3.48. The maximum atomic E-state index is 12.2. The molecule has 0 saturated carbocycles. The maximum Gasteiger partial charge on any atom is 0.339 e. The van der Waals surface area contributed by atoms with E-state index in [2.05, 4.69) is 16.9 Å². The zero-order chi connectivity index (χ0) is 16.7. The summed E-state index contributed by atoms with van der Waals surface area (Å²) in [6.07, 6.45) is 1.53. The van der Waals surface area contributed by atoms with Crippen molar-refractivity contribution in [2.24, 2.45) is 4.99 Å². The molecular weight excluding hydrogens is 316 g/mol. The maximum absolute atomic E-state index is 12.2. The summed E-state index contributed by atoms with van der Waals surface area (Å²) >= 11 is 1.29. The van der Waals surface area contributed by atoms with Crippen LogP contribution in [0.2, 0.25) is 0 Å². The van der Waals surface area contributed by atoms with E-state index in [1.165, 1.54) is 17.8 Å². The molecule has 1 aromatic rings. The number of aliphatic hydroxyl groups is 1. The van der Waals surface area contributed by atoms with Crippen molar-refractivity contribution in [1.29, 1.82) is 0 Å². The van der Waals surface area contributed by atoms with Crippen molar-refractivity contribution in [2.75, 3.05) is 0 Å². The van der Waals surface area contributed by atoms with Crippen LogP contribution < -0.4 is 5.32 Å². The van der Waals surface area contributed by atoms with Crippen LogP contribution in [0, 0.1) is 0 Å². The predicted molar refractivity (Wildman–Crippen MR) is 87.2 cm³/mol. The van der Waals surface area contributed by atoms with Gasteiger partial charge in [0.25, 0.3) is 5.91 Å². The number of amides is 1. The highest BCUT2D eigenvalue weighted by atomic mass is 32.2. The van der Waals surface area contributed by atoms with Gasteiger partial charge in [0.1, 0.15) is 5.37 Å². The molecule has 2 aliphatic rings. The molecule has 1 amide bonds. The van der Waals surface area contributed by atoms with Gasteiger partial charge in [-0.3, -0.25) is 9.79 Å². The van der Waals surface area contributed by atoms with Gasteiger partial charge in [-0.05, 0) is 5.56 Å². The number of carboxylic acids is 1. The van der Waals surface area contributed by atoms with E-state index in [1.54, 1.807) is 0 Å². The van der Waals surface area contributed by atoms with Gasteiger partial charge in [0.15, 0.2) is 0 Å². The van der Waals surface area contributed by atoms with Crippen LogP contribution in [-0.4, -0.2) is 43.6 Å². The van der Waals surface area contributed by atoms with Crippen LogP contribution in [0.3, 0.4) is 0 Å². The number of nitrogens with one attached hydrogen (secondary N) is 1. The van der Waals surface area contributed by atoms with Crippen LogP contribution in [0.25, 0.3) is 0 Å². The minimum absolute atomic E-state index is 0.255. The highest BCUT2D eigenvalue weighted by Gasteiger charge is 2.73. The minimum Gasteiger partial charge on any atom is -0.479 e. The van der Waals surface area contributed by atoms with Gasteiger partial charge < -0.3 is 15.5 Å². The van der Waals surface area contributed by atoms with E-state index in [-0.39, 0.29) is 6.42 Å². The molecule has 1 fully saturated rings. The van der Waals surface area contributed by atoms with Crippen molar-refractivity contribution in [2.45, 2.75) is 29.4 Å². The number of β-lactam (4-membered cyclic amide) rings is 1. The first kappa shape index (κ1) is 15.8. The average Bonchev–Trinajstić information content (AvgIpc) is 2.81. The van der Waals surface area contributed by atoms with E-state index >= 15 is 0 Å². The minimum atomic E-state index is -2.30. The lowest BCUT2D eigenvalue weighted by Crippen LogP contribution is -2.79. The zero-order valence-electron chi connectivity index (χ0n) is 12.2. The number of carboxylic acid groups (broad SMARTS) is 1. The number of hydrogen-bond donors (Lipinski definition) is 3. The van der Waals surface area contributed by atoms with Gasteiger partial charge in [-0.15, -0.1) is 6.58 Å². The van der Waals surface area contributed by atoms with E-state index in [0.717, 1.165) is 5.56 Å². The summed E-state index contributed by atoms with van der Waals surface area (Å²) < 4.78 is 0. The monoisotopic (exact) mass is 332 g/mol. The number of carbonyl (C=O) groups is 2. The summed E-state index contributed by atoms with van der Waals surface area (Å²) in [4.78, 5) is 28.2. The number of nitrogens with zero attached hydrogens (tertiary/aromatic N) is 1. The summed E-state index contributed by atoms with van der Waals surface area (Å²) in [5, 5.41) is 22.8. The molecule has 0 spiro atoms.